The Hall–Kier alpha value is -2.91. The number of nitrogens with zero attached hydrogens (tertiary/aromatic N) is 2. The fraction of sp³-hybridized carbons (Fsp3) is 0.241. The minimum atomic E-state index is 1.03. The van der Waals surface area contributed by atoms with E-state index in [0.717, 1.165) is 12.8 Å². The number of hydrogen-bond acceptors (Lipinski definition) is 1. The van der Waals surface area contributed by atoms with Gasteiger partial charge >= 0.3 is 0 Å². The van der Waals surface area contributed by atoms with Crippen LogP contribution in [0.5, 0.6) is 0 Å². The lowest BCUT2D eigenvalue weighted by atomic mass is 9.95. The van der Waals surface area contributed by atoms with E-state index in [1.54, 1.807) is 11.9 Å². The maximum atomic E-state index is 2.36. The molecule has 3 aromatic rings. The van der Waals surface area contributed by atoms with Crippen LogP contribution in [-0.2, 0) is 7.05 Å². The Labute approximate surface area is 197 Å². The van der Waals surface area contributed by atoms with E-state index < -0.39 is 0 Å². The molecule has 0 atom stereocenters. The van der Waals surface area contributed by atoms with Crippen molar-refractivity contribution in [2.45, 2.75) is 45.4 Å². The third-order valence-electron chi connectivity index (χ3n) is 5.46. The van der Waals surface area contributed by atoms with Gasteiger partial charge in [0.2, 0.25) is 0 Å². The number of benzene rings is 2. The van der Waals surface area contributed by atoms with Crippen LogP contribution in [0.25, 0.3) is 11.1 Å². The molecular formula is C29H34N2S. The van der Waals surface area contributed by atoms with Gasteiger partial charge in [0.25, 0.3) is 0 Å². The van der Waals surface area contributed by atoms with Crippen LogP contribution in [0.3, 0.4) is 0 Å². The highest BCUT2D eigenvalue weighted by Gasteiger charge is 2.08. The molecule has 0 aliphatic heterocycles. The lowest BCUT2D eigenvalue weighted by molar-refractivity contribution is 0.701. The molecule has 0 unspecified atom stereocenters. The van der Waals surface area contributed by atoms with Crippen molar-refractivity contribution in [3.8, 4) is 0 Å². The normalized spacial score (nSPS) is 12.0. The molecule has 3 heteroatoms. The summed E-state index contributed by atoms with van der Waals surface area (Å²) >= 11 is 1.73. The van der Waals surface area contributed by atoms with Gasteiger partial charge in [0, 0.05) is 36.3 Å². The molecule has 0 radical (unpaired) electrons. The molecule has 3 rings (SSSR count). The molecule has 32 heavy (non-hydrogen) atoms. The number of hydrogen-bond donors (Lipinski definition) is 0. The first-order valence-electron chi connectivity index (χ1n) is 11.3. The lowest BCUT2D eigenvalue weighted by Gasteiger charge is -2.16. The van der Waals surface area contributed by atoms with Crippen LogP contribution >= 0.6 is 11.9 Å². The van der Waals surface area contributed by atoms with E-state index in [9.17, 15) is 0 Å². The second-order valence-electron chi connectivity index (χ2n) is 8.04. The zero-order chi connectivity index (χ0) is 22.9. The standard InChI is InChI=1S/C29H34N2S/c1-6-12-27(21-25(7-2)26-14-9-8-10-15-26)29-22-31(30(5)20-11-13-24(29)4)32-28-18-16-23(3)17-19-28/h7-11,13-22H,6,12H2,1-5H3/b20-11?,24-13?,25-7+,27-21+,29-22?. The maximum absolute atomic E-state index is 2.36. The molecule has 0 aliphatic rings. The van der Waals surface area contributed by atoms with Gasteiger partial charge in [-0.05, 0) is 73.2 Å². The molecule has 0 fully saturated rings. The number of rotatable bonds is 7. The van der Waals surface area contributed by atoms with E-state index in [-0.39, 0.29) is 0 Å². The zero-order valence-corrected chi connectivity index (χ0v) is 20.7. The van der Waals surface area contributed by atoms with Crippen LogP contribution < -0.4 is 0 Å². The number of aromatic nitrogens is 2. The predicted molar refractivity (Wildman–Crippen MR) is 141 cm³/mol. The van der Waals surface area contributed by atoms with Crippen molar-refractivity contribution in [2.75, 3.05) is 0 Å². The molecule has 2 nitrogen and oxygen atoms in total. The molecule has 0 amide bonds. The fourth-order valence-corrected chi connectivity index (χ4v) is 4.43. The summed E-state index contributed by atoms with van der Waals surface area (Å²) in [5.41, 5.74) is 7.69. The highest BCUT2D eigenvalue weighted by molar-refractivity contribution is 7.97. The monoisotopic (exact) mass is 442 g/mol. The van der Waals surface area contributed by atoms with Gasteiger partial charge in [-0.25, -0.2) is 4.09 Å². The Kier molecular flexibility index (Phi) is 8.64. The molecule has 2 aromatic carbocycles. The Bertz CT molecular complexity index is 1130. The fourth-order valence-electron chi connectivity index (χ4n) is 3.61. The zero-order valence-electron chi connectivity index (χ0n) is 19.9. The highest BCUT2D eigenvalue weighted by Crippen LogP contribution is 2.29. The maximum Gasteiger partial charge on any atom is 0.0423 e. The van der Waals surface area contributed by atoms with Crippen molar-refractivity contribution in [1.82, 2.24) is 8.77 Å². The molecule has 0 spiro atoms. The predicted octanol–water partition coefficient (Wildman–Crippen LogP) is 8.41. The highest BCUT2D eigenvalue weighted by atomic mass is 32.2. The summed E-state index contributed by atoms with van der Waals surface area (Å²) in [5, 5.41) is 0. The van der Waals surface area contributed by atoms with Gasteiger partial charge < -0.3 is 0 Å². The quantitative estimate of drug-likeness (QED) is 0.334. The second-order valence-corrected chi connectivity index (χ2v) is 9.07. The van der Waals surface area contributed by atoms with E-state index >= 15 is 0 Å². The summed E-state index contributed by atoms with van der Waals surface area (Å²) in [6, 6.07) is 23.7. The smallest absolute Gasteiger partial charge is 0.0423 e. The van der Waals surface area contributed by atoms with Crippen molar-refractivity contribution in [3.63, 3.8) is 0 Å². The van der Waals surface area contributed by atoms with Crippen molar-refractivity contribution < 1.29 is 0 Å². The average Bonchev–Trinajstić information content (AvgIpc) is 2.80. The van der Waals surface area contributed by atoms with Crippen molar-refractivity contribution >= 4 is 23.1 Å². The van der Waals surface area contributed by atoms with Gasteiger partial charge in [0.1, 0.15) is 0 Å². The van der Waals surface area contributed by atoms with Crippen LogP contribution in [0, 0.1) is 13.8 Å². The molecule has 0 saturated carbocycles. The number of aryl methyl sites for hydroxylation is 3. The Morgan fingerprint density at radius 1 is 0.938 bits per heavy atom. The van der Waals surface area contributed by atoms with E-state index in [1.165, 1.54) is 38.3 Å². The molecule has 0 bridgehead atoms. The van der Waals surface area contributed by atoms with Crippen LogP contribution in [0.2, 0.25) is 0 Å². The van der Waals surface area contributed by atoms with Gasteiger partial charge in [-0.3, -0.25) is 4.68 Å². The van der Waals surface area contributed by atoms with Gasteiger partial charge in [0.05, 0.1) is 0 Å². The summed E-state index contributed by atoms with van der Waals surface area (Å²) in [5.74, 6) is 0. The average molecular weight is 443 g/mol. The van der Waals surface area contributed by atoms with Gasteiger partial charge in [-0.1, -0.05) is 79.6 Å². The SMILES string of the molecule is C/C=C(\C=C(/CCC)c1cn(Sc2ccc(C)cc2)n(C)cccc1C)c1ccccc1. The first-order valence-corrected chi connectivity index (χ1v) is 12.1. The van der Waals surface area contributed by atoms with E-state index in [2.05, 4.69) is 135 Å². The molecule has 0 saturated heterocycles. The van der Waals surface area contributed by atoms with Crippen LogP contribution in [0.1, 0.15) is 48.9 Å². The summed E-state index contributed by atoms with van der Waals surface area (Å²) in [4.78, 5) is 1.22. The molecule has 0 aliphatic carbocycles. The van der Waals surface area contributed by atoms with Crippen molar-refractivity contribution in [2.24, 2.45) is 7.05 Å². The Balaban J connectivity index is 2.13. The van der Waals surface area contributed by atoms with E-state index in [0.29, 0.717) is 0 Å². The minimum absolute atomic E-state index is 1.03. The molecule has 1 aromatic heterocycles. The first kappa shape index (κ1) is 23.7. The van der Waals surface area contributed by atoms with Gasteiger partial charge in [-0.2, -0.15) is 0 Å². The molecule has 0 N–H and O–H groups in total. The third kappa shape index (κ3) is 6.30. The van der Waals surface area contributed by atoms with Crippen molar-refractivity contribution in [1.29, 1.82) is 0 Å². The molecular weight excluding hydrogens is 408 g/mol. The first-order chi connectivity index (χ1) is 15.5. The van der Waals surface area contributed by atoms with Gasteiger partial charge in [0.15, 0.2) is 0 Å². The van der Waals surface area contributed by atoms with Crippen molar-refractivity contribution in [3.05, 3.63) is 114 Å². The van der Waals surface area contributed by atoms with E-state index in [4.69, 9.17) is 0 Å². The van der Waals surface area contributed by atoms with E-state index in [1.807, 2.05) is 0 Å². The van der Waals surface area contributed by atoms with Crippen LogP contribution in [-0.4, -0.2) is 8.77 Å². The molecule has 166 valence electrons. The summed E-state index contributed by atoms with van der Waals surface area (Å²) in [6.45, 7) is 8.70. The minimum Gasteiger partial charge on any atom is -0.286 e. The van der Waals surface area contributed by atoms with Gasteiger partial charge in [-0.15, -0.1) is 0 Å². The molecule has 1 heterocycles. The lowest BCUT2D eigenvalue weighted by Crippen LogP contribution is -2.06. The van der Waals surface area contributed by atoms with Crippen LogP contribution in [0.15, 0.2) is 96.2 Å². The topological polar surface area (TPSA) is 9.86 Å². The summed E-state index contributed by atoms with van der Waals surface area (Å²) in [7, 11) is 2.09. The Morgan fingerprint density at radius 3 is 2.31 bits per heavy atom. The summed E-state index contributed by atoms with van der Waals surface area (Å²) in [6.07, 6.45) is 11.1. The third-order valence-corrected chi connectivity index (χ3v) is 6.49. The second kappa shape index (κ2) is 11.6. The van der Waals surface area contributed by atoms with Crippen LogP contribution in [0.4, 0.5) is 0 Å². The largest absolute Gasteiger partial charge is 0.286 e. The Morgan fingerprint density at radius 2 is 1.66 bits per heavy atom. The summed E-state index contributed by atoms with van der Waals surface area (Å²) < 4.78 is 4.35. The number of allylic oxidation sites excluding steroid dienone is 4.